The minimum Gasteiger partial charge on any atom is -0.497 e. The first-order valence-electron chi connectivity index (χ1n) is 12.7. The van der Waals surface area contributed by atoms with Crippen LogP contribution in [0.1, 0.15) is 46.5 Å². The summed E-state index contributed by atoms with van der Waals surface area (Å²) in [4.78, 5) is 13.8. The van der Waals surface area contributed by atoms with Crippen LogP contribution in [0.4, 0.5) is 0 Å². The van der Waals surface area contributed by atoms with Gasteiger partial charge in [-0.05, 0) is 62.7 Å². The topological polar surface area (TPSA) is 75.7 Å². The Morgan fingerprint density at radius 1 is 1.39 bits per heavy atom. The Labute approximate surface area is 221 Å². The van der Waals surface area contributed by atoms with E-state index >= 15 is 0 Å². The number of nitrogens with two attached hydrogens (primary N) is 1. The van der Waals surface area contributed by atoms with Crippen LogP contribution in [0.5, 0.6) is 0 Å². The largest absolute Gasteiger partial charge is 0.497 e. The molecular weight excluding hydrogens is 470 g/mol. The molecule has 0 radical (unpaired) electrons. The van der Waals surface area contributed by atoms with Crippen molar-refractivity contribution in [3.05, 3.63) is 71.8 Å². The van der Waals surface area contributed by atoms with E-state index in [9.17, 15) is 0 Å². The van der Waals surface area contributed by atoms with Gasteiger partial charge in [0.2, 0.25) is 0 Å². The normalized spacial score (nSPS) is 26.1. The fourth-order valence-electron chi connectivity index (χ4n) is 4.67. The molecule has 36 heavy (non-hydrogen) atoms. The number of fused-ring (bicyclic) bond motifs is 1. The first kappa shape index (κ1) is 28.0. The first-order valence-corrected chi connectivity index (χ1v) is 13.5. The summed E-state index contributed by atoms with van der Waals surface area (Å²) < 4.78 is 11.4. The Balaban J connectivity index is 1.72. The van der Waals surface area contributed by atoms with Crippen LogP contribution in [-0.4, -0.2) is 60.9 Å². The zero-order valence-corrected chi connectivity index (χ0v) is 22.8. The molecule has 0 aromatic rings. The Bertz CT molecular complexity index is 980. The highest BCUT2D eigenvalue weighted by Crippen LogP contribution is 2.35. The van der Waals surface area contributed by atoms with Gasteiger partial charge in [0.05, 0.1) is 42.5 Å². The molecule has 0 amide bonds. The van der Waals surface area contributed by atoms with Crippen LogP contribution in [0.2, 0.25) is 0 Å². The second-order valence-corrected chi connectivity index (χ2v) is 10.5. The van der Waals surface area contributed by atoms with Crippen LogP contribution in [-0.2, 0) is 8.92 Å². The fraction of sp³-hybridized carbons (Fsp3) is 0.500. The van der Waals surface area contributed by atoms with E-state index in [1.807, 2.05) is 20.2 Å². The molecule has 3 rings (SSSR count). The Kier molecular flexibility index (Phi) is 10.6. The van der Waals surface area contributed by atoms with Crippen molar-refractivity contribution in [2.24, 2.45) is 21.1 Å². The first-order chi connectivity index (χ1) is 17.4. The third-order valence-electron chi connectivity index (χ3n) is 6.61. The number of aliphatic imine (C=N–C) groups is 2. The molecule has 1 fully saturated rings. The Hall–Kier alpha value is -2.55. The predicted octanol–water partition coefficient (Wildman–Crippen LogP) is 5.54. The van der Waals surface area contributed by atoms with E-state index in [2.05, 4.69) is 59.2 Å². The van der Waals surface area contributed by atoms with Gasteiger partial charge in [-0.15, -0.1) is 0 Å². The Morgan fingerprint density at radius 3 is 2.94 bits per heavy atom. The van der Waals surface area contributed by atoms with Crippen molar-refractivity contribution in [3.63, 3.8) is 0 Å². The highest BCUT2D eigenvalue weighted by molar-refractivity contribution is 7.98. The highest BCUT2D eigenvalue weighted by Gasteiger charge is 2.32. The van der Waals surface area contributed by atoms with Gasteiger partial charge < -0.3 is 24.5 Å². The quantitative estimate of drug-likeness (QED) is 0.209. The summed E-state index contributed by atoms with van der Waals surface area (Å²) in [6.45, 7) is 18.0. The van der Waals surface area contributed by atoms with Gasteiger partial charge >= 0.3 is 0 Å². The molecule has 2 N–H and O–H groups in total. The van der Waals surface area contributed by atoms with Crippen molar-refractivity contribution in [2.45, 2.75) is 52.5 Å². The van der Waals surface area contributed by atoms with Gasteiger partial charge in [0, 0.05) is 31.7 Å². The maximum Gasteiger partial charge on any atom is 0.132 e. The van der Waals surface area contributed by atoms with Crippen LogP contribution >= 0.6 is 12.0 Å². The standard InChI is InChI=1S/C28H41N5O2S/c1-6-27(30-19-22(3)34-7-2)33-16-8-14-28(5,15-9-17-35-36-23(33)4)20-32-21-31-25-12-10-24(18-29)11-13-26(25)32/h6,10-13,19,21,26H,1,4,7-9,14-18,20,29H2,2-3,5H3/b22-19+,30-27?. The number of nitrogens with zero attached hydrogens (tertiary/aromatic N) is 4. The lowest BCUT2D eigenvalue weighted by Crippen LogP contribution is -2.39. The molecule has 1 aliphatic carbocycles. The van der Waals surface area contributed by atoms with Gasteiger partial charge in [-0.25, -0.2) is 9.98 Å². The summed E-state index contributed by atoms with van der Waals surface area (Å²) in [6, 6.07) is 0.156. The van der Waals surface area contributed by atoms with Gasteiger partial charge in [0.1, 0.15) is 11.6 Å². The molecule has 1 saturated heterocycles. The van der Waals surface area contributed by atoms with E-state index in [4.69, 9.17) is 19.6 Å². The zero-order valence-electron chi connectivity index (χ0n) is 22.0. The summed E-state index contributed by atoms with van der Waals surface area (Å²) in [5, 5.41) is 0.813. The SMILES string of the molecule is C=CC(=N/C=C(\C)OCC)N1CCCC(C)(CN2C=NC3=CC=C(CN)C=CC32)CCCOSC1=C. The minimum absolute atomic E-state index is 0.105. The molecule has 2 heterocycles. The van der Waals surface area contributed by atoms with Gasteiger partial charge in [0.25, 0.3) is 0 Å². The molecule has 2 unspecified atom stereocenters. The third-order valence-corrected chi connectivity index (χ3v) is 7.31. The lowest BCUT2D eigenvalue weighted by Gasteiger charge is -2.36. The van der Waals surface area contributed by atoms with Crippen molar-refractivity contribution in [2.75, 3.05) is 32.8 Å². The summed E-state index contributed by atoms with van der Waals surface area (Å²) >= 11 is 1.32. The number of rotatable bonds is 7. The molecule has 2 aliphatic heterocycles. The average Bonchev–Trinajstić information content (AvgIpc) is 3.09. The number of hydrogen-bond donors (Lipinski definition) is 1. The summed E-state index contributed by atoms with van der Waals surface area (Å²) in [5.41, 5.74) is 8.15. The van der Waals surface area contributed by atoms with Gasteiger partial charge in [-0.2, -0.15) is 0 Å². The van der Waals surface area contributed by atoms with Crippen molar-refractivity contribution in [1.29, 1.82) is 0 Å². The van der Waals surface area contributed by atoms with Crippen molar-refractivity contribution >= 4 is 24.2 Å². The molecular formula is C28H41N5O2S. The molecule has 7 nitrogen and oxygen atoms in total. The molecule has 2 atom stereocenters. The van der Waals surface area contributed by atoms with E-state index < -0.39 is 0 Å². The molecule has 0 bridgehead atoms. The lowest BCUT2D eigenvalue weighted by molar-refractivity contribution is 0.178. The number of amidine groups is 1. The monoisotopic (exact) mass is 511 g/mol. The van der Waals surface area contributed by atoms with E-state index in [1.54, 1.807) is 12.3 Å². The second kappa shape index (κ2) is 13.7. The maximum atomic E-state index is 5.92. The Morgan fingerprint density at radius 2 is 2.19 bits per heavy atom. The third kappa shape index (κ3) is 7.72. The van der Waals surface area contributed by atoms with Crippen LogP contribution in [0.25, 0.3) is 0 Å². The molecule has 3 aliphatic rings. The van der Waals surface area contributed by atoms with Crippen LogP contribution < -0.4 is 5.73 Å². The van der Waals surface area contributed by atoms with E-state index in [-0.39, 0.29) is 11.5 Å². The smallest absolute Gasteiger partial charge is 0.132 e. The zero-order chi connectivity index (χ0) is 26.0. The summed E-state index contributed by atoms with van der Waals surface area (Å²) in [7, 11) is 0. The summed E-state index contributed by atoms with van der Waals surface area (Å²) in [5.74, 6) is 1.50. The van der Waals surface area contributed by atoms with Crippen molar-refractivity contribution in [1.82, 2.24) is 9.80 Å². The number of allylic oxidation sites excluding steroid dienone is 3. The molecule has 0 spiro atoms. The van der Waals surface area contributed by atoms with Crippen LogP contribution in [0.15, 0.2) is 81.8 Å². The van der Waals surface area contributed by atoms with Gasteiger partial charge in [-0.1, -0.05) is 38.3 Å². The number of hydrogen-bond acceptors (Lipinski definition) is 7. The van der Waals surface area contributed by atoms with Crippen LogP contribution in [0.3, 0.4) is 0 Å². The minimum atomic E-state index is 0.105. The van der Waals surface area contributed by atoms with Crippen molar-refractivity contribution < 1.29 is 8.92 Å². The molecule has 0 aromatic heterocycles. The van der Waals surface area contributed by atoms with E-state index in [0.717, 1.165) is 66.7 Å². The lowest BCUT2D eigenvalue weighted by atomic mass is 9.80. The molecule has 8 heteroatoms. The predicted molar refractivity (Wildman–Crippen MR) is 152 cm³/mol. The molecule has 196 valence electrons. The van der Waals surface area contributed by atoms with Gasteiger partial charge in [0.15, 0.2) is 0 Å². The molecule has 0 saturated carbocycles. The van der Waals surface area contributed by atoms with Crippen molar-refractivity contribution in [3.8, 4) is 0 Å². The summed E-state index contributed by atoms with van der Waals surface area (Å²) in [6.07, 6.45) is 18.1. The van der Waals surface area contributed by atoms with E-state index in [1.165, 1.54) is 12.0 Å². The fourth-order valence-corrected chi connectivity index (χ4v) is 5.28. The van der Waals surface area contributed by atoms with E-state index in [0.29, 0.717) is 19.8 Å². The second-order valence-electron chi connectivity index (χ2n) is 9.59. The highest BCUT2D eigenvalue weighted by atomic mass is 32.2. The maximum absolute atomic E-state index is 5.92. The van der Waals surface area contributed by atoms with Gasteiger partial charge in [-0.3, -0.25) is 0 Å². The number of ether oxygens (including phenoxy) is 1. The van der Waals surface area contributed by atoms with Crippen LogP contribution in [0, 0.1) is 5.41 Å². The average molecular weight is 512 g/mol. The molecule has 0 aromatic carbocycles.